The fourth-order valence-corrected chi connectivity index (χ4v) is 2.37. The van der Waals surface area contributed by atoms with E-state index in [9.17, 15) is 0 Å². The molecule has 1 aliphatic heterocycles. The first-order valence-corrected chi connectivity index (χ1v) is 5.63. The topological polar surface area (TPSA) is 12.0 Å². The van der Waals surface area contributed by atoms with Gasteiger partial charge in [-0.2, -0.15) is 0 Å². The van der Waals surface area contributed by atoms with Crippen molar-refractivity contribution < 1.29 is 0 Å². The summed E-state index contributed by atoms with van der Waals surface area (Å²) in [6.45, 7) is 4.76. The summed E-state index contributed by atoms with van der Waals surface area (Å²) in [4.78, 5) is 0. The number of piperidine rings is 1. The van der Waals surface area contributed by atoms with Crippen LogP contribution in [-0.4, -0.2) is 13.1 Å². The summed E-state index contributed by atoms with van der Waals surface area (Å²) in [5.41, 5.74) is 1.50. The van der Waals surface area contributed by atoms with Crippen LogP contribution in [-0.2, 0) is 0 Å². The molecule has 1 aromatic carbocycles. The standard InChI is InChI=1S/C13H19N/c1-11(12-5-3-2-4-6-12)13-7-9-14-10-8-13/h2-6,11,13-14H,7-10H2,1H3. The number of hydrogen-bond donors (Lipinski definition) is 1. The van der Waals surface area contributed by atoms with Crippen LogP contribution in [0.2, 0.25) is 0 Å². The molecule has 2 rings (SSSR count). The maximum Gasteiger partial charge on any atom is -0.00461 e. The van der Waals surface area contributed by atoms with Crippen molar-refractivity contribution >= 4 is 0 Å². The van der Waals surface area contributed by atoms with Gasteiger partial charge in [0.25, 0.3) is 0 Å². The second-order valence-corrected chi connectivity index (χ2v) is 4.29. The van der Waals surface area contributed by atoms with Gasteiger partial charge in [-0.1, -0.05) is 37.3 Å². The second kappa shape index (κ2) is 4.61. The molecule has 0 radical (unpaired) electrons. The summed E-state index contributed by atoms with van der Waals surface area (Å²) >= 11 is 0. The molecule has 76 valence electrons. The maximum atomic E-state index is 3.42. The highest BCUT2D eigenvalue weighted by Gasteiger charge is 2.20. The molecule has 1 unspecified atom stereocenters. The highest BCUT2D eigenvalue weighted by atomic mass is 14.9. The van der Waals surface area contributed by atoms with E-state index < -0.39 is 0 Å². The minimum Gasteiger partial charge on any atom is -0.317 e. The van der Waals surface area contributed by atoms with Gasteiger partial charge >= 0.3 is 0 Å². The van der Waals surface area contributed by atoms with Crippen LogP contribution >= 0.6 is 0 Å². The third-order valence-electron chi connectivity index (χ3n) is 3.42. The van der Waals surface area contributed by atoms with Crippen LogP contribution in [0.4, 0.5) is 0 Å². The van der Waals surface area contributed by atoms with E-state index in [2.05, 4.69) is 42.6 Å². The summed E-state index contributed by atoms with van der Waals surface area (Å²) in [7, 11) is 0. The van der Waals surface area contributed by atoms with Crippen LogP contribution in [0, 0.1) is 5.92 Å². The van der Waals surface area contributed by atoms with E-state index in [1.807, 2.05) is 0 Å². The number of nitrogens with one attached hydrogen (secondary N) is 1. The fraction of sp³-hybridized carbons (Fsp3) is 0.538. The number of benzene rings is 1. The average molecular weight is 189 g/mol. The Morgan fingerprint density at radius 2 is 1.79 bits per heavy atom. The Morgan fingerprint density at radius 1 is 1.14 bits per heavy atom. The normalized spacial score (nSPS) is 20.6. The van der Waals surface area contributed by atoms with E-state index in [1.165, 1.54) is 31.5 Å². The average Bonchev–Trinajstić information content (AvgIpc) is 2.30. The Hall–Kier alpha value is -0.820. The van der Waals surface area contributed by atoms with Gasteiger partial charge in [-0.05, 0) is 43.3 Å². The lowest BCUT2D eigenvalue weighted by molar-refractivity contribution is 0.330. The predicted molar refractivity (Wildman–Crippen MR) is 60.5 cm³/mol. The second-order valence-electron chi connectivity index (χ2n) is 4.29. The Balaban J connectivity index is 2.03. The summed E-state index contributed by atoms with van der Waals surface area (Å²) in [6.07, 6.45) is 2.66. The van der Waals surface area contributed by atoms with Gasteiger partial charge in [0.1, 0.15) is 0 Å². The van der Waals surface area contributed by atoms with Gasteiger partial charge in [0.2, 0.25) is 0 Å². The van der Waals surface area contributed by atoms with Gasteiger partial charge in [-0.25, -0.2) is 0 Å². The summed E-state index contributed by atoms with van der Waals surface area (Å²) < 4.78 is 0. The van der Waals surface area contributed by atoms with Gasteiger partial charge in [-0.3, -0.25) is 0 Å². The van der Waals surface area contributed by atoms with Crippen LogP contribution in [0.3, 0.4) is 0 Å². The molecular formula is C13H19N. The smallest absolute Gasteiger partial charge is 0.00461 e. The molecule has 0 aromatic heterocycles. The lowest BCUT2D eigenvalue weighted by Crippen LogP contribution is -2.30. The number of hydrogen-bond acceptors (Lipinski definition) is 1. The Labute approximate surface area is 86.5 Å². The van der Waals surface area contributed by atoms with Crippen molar-refractivity contribution in [3.63, 3.8) is 0 Å². The first-order valence-electron chi connectivity index (χ1n) is 5.63. The molecule has 1 nitrogen and oxygen atoms in total. The molecule has 1 aromatic rings. The third kappa shape index (κ3) is 2.16. The molecule has 1 heterocycles. The van der Waals surface area contributed by atoms with Crippen molar-refractivity contribution in [3.05, 3.63) is 35.9 Å². The van der Waals surface area contributed by atoms with E-state index in [0.29, 0.717) is 0 Å². The van der Waals surface area contributed by atoms with Gasteiger partial charge < -0.3 is 5.32 Å². The van der Waals surface area contributed by atoms with E-state index in [1.54, 1.807) is 0 Å². The van der Waals surface area contributed by atoms with Crippen LogP contribution < -0.4 is 5.32 Å². The molecule has 14 heavy (non-hydrogen) atoms. The minimum atomic E-state index is 0.721. The third-order valence-corrected chi connectivity index (χ3v) is 3.42. The molecule has 0 aliphatic carbocycles. The van der Waals surface area contributed by atoms with E-state index in [4.69, 9.17) is 0 Å². The monoisotopic (exact) mass is 189 g/mol. The van der Waals surface area contributed by atoms with Gasteiger partial charge in [0.05, 0.1) is 0 Å². The van der Waals surface area contributed by atoms with Crippen molar-refractivity contribution in [1.82, 2.24) is 5.32 Å². The Kier molecular flexibility index (Phi) is 3.20. The molecule has 1 aliphatic rings. The highest BCUT2D eigenvalue weighted by molar-refractivity contribution is 5.19. The lowest BCUT2D eigenvalue weighted by atomic mass is 9.82. The quantitative estimate of drug-likeness (QED) is 0.754. The van der Waals surface area contributed by atoms with E-state index >= 15 is 0 Å². The highest BCUT2D eigenvalue weighted by Crippen LogP contribution is 2.29. The zero-order valence-electron chi connectivity index (χ0n) is 8.87. The molecule has 1 saturated heterocycles. The predicted octanol–water partition coefficient (Wildman–Crippen LogP) is 2.79. The van der Waals surface area contributed by atoms with Crippen LogP contribution in [0.1, 0.15) is 31.2 Å². The van der Waals surface area contributed by atoms with Gasteiger partial charge in [0, 0.05) is 0 Å². The number of rotatable bonds is 2. The SMILES string of the molecule is CC(c1ccccc1)C1CCNCC1. The molecule has 1 N–H and O–H groups in total. The lowest BCUT2D eigenvalue weighted by Gasteiger charge is -2.28. The first kappa shape index (κ1) is 9.72. The van der Waals surface area contributed by atoms with E-state index in [0.717, 1.165) is 11.8 Å². The van der Waals surface area contributed by atoms with E-state index in [-0.39, 0.29) is 0 Å². The van der Waals surface area contributed by atoms with Crippen LogP contribution in [0.5, 0.6) is 0 Å². The zero-order valence-corrected chi connectivity index (χ0v) is 8.87. The van der Waals surface area contributed by atoms with Crippen molar-refractivity contribution in [2.75, 3.05) is 13.1 Å². The molecule has 1 heteroatoms. The molecule has 0 spiro atoms. The van der Waals surface area contributed by atoms with Crippen molar-refractivity contribution in [3.8, 4) is 0 Å². The molecule has 1 atom stereocenters. The summed E-state index contributed by atoms with van der Waals surface area (Å²) in [5, 5.41) is 3.42. The van der Waals surface area contributed by atoms with Gasteiger partial charge in [-0.15, -0.1) is 0 Å². The van der Waals surface area contributed by atoms with Crippen molar-refractivity contribution in [2.24, 2.45) is 5.92 Å². The maximum absolute atomic E-state index is 3.42. The molecule has 0 bridgehead atoms. The molecule has 1 fully saturated rings. The first-order chi connectivity index (χ1) is 6.88. The summed E-state index contributed by atoms with van der Waals surface area (Å²) in [5.74, 6) is 1.59. The van der Waals surface area contributed by atoms with Crippen molar-refractivity contribution in [2.45, 2.75) is 25.7 Å². The van der Waals surface area contributed by atoms with Crippen LogP contribution in [0.15, 0.2) is 30.3 Å². The minimum absolute atomic E-state index is 0.721. The van der Waals surface area contributed by atoms with Crippen LogP contribution in [0.25, 0.3) is 0 Å². The Morgan fingerprint density at radius 3 is 2.43 bits per heavy atom. The zero-order chi connectivity index (χ0) is 9.80. The van der Waals surface area contributed by atoms with Crippen molar-refractivity contribution in [1.29, 1.82) is 0 Å². The molecular weight excluding hydrogens is 170 g/mol. The van der Waals surface area contributed by atoms with Gasteiger partial charge in [0.15, 0.2) is 0 Å². The Bertz CT molecular complexity index is 262. The molecule has 0 amide bonds. The fourth-order valence-electron chi connectivity index (χ4n) is 2.37. The molecule has 0 saturated carbocycles. The summed E-state index contributed by atoms with van der Waals surface area (Å²) in [6, 6.07) is 10.9. The largest absolute Gasteiger partial charge is 0.317 e.